The number of likely N-dealkylation sites (tertiary alicyclic amines) is 1. The molecule has 1 aromatic heterocycles. The molecule has 3 heterocycles. The number of ether oxygens (including phenoxy) is 1. The van der Waals surface area contributed by atoms with Crippen LogP contribution >= 0.6 is 0 Å². The zero-order valence-corrected chi connectivity index (χ0v) is 18.5. The van der Waals surface area contributed by atoms with Gasteiger partial charge in [-0.1, -0.05) is 30.3 Å². The lowest BCUT2D eigenvalue weighted by Crippen LogP contribution is -2.46. The third-order valence-corrected chi connectivity index (χ3v) is 5.96. The molecular weight excluding hydrogens is 394 g/mol. The summed E-state index contributed by atoms with van der Waals surface area (Å²) in [6.07, 6.45) is 2.29. The molecule has 2 fully saturated rings. The third kappa shape index (κ3) is 6.32. The van der Waals surface area contributed by atoms with Gasteiger partial charge in [0.05, 0.1) is 18.8 Å². The molecule has 0 unspecified atom stereocenters. The van der Waals surface area contributed by atoms with E-state index in [2.05, 4.69) is 68.8 Å². The fraction of sp³-hybridized carbons (Fsp3) is 0.636. The van der Waals surface area contributed by atoms with Crippen molar-refractivity contribution in [1.82, 2.24) is 35.3 Å². The quantitative estimate of drug-likeness (QED) is 0.707. The van der Waals surface area contributed by atoms with E-state index in [-0.39, 0.29) is 30.7 Å². The number of morpholine rings is 1. The molecule has 1 N–H and O–H groups in total. The van der Waals surface area contributed by atoms with E-state index in [0.29, 0.717) is 12.4 Å². The number of piperidine rings is 1. The van der Waals surface area contributed by atoms with Gasteiger partial charge in [0.15, 0.2) is 5.82 Å². The highest BCUT2D eigenvalue weighted by Gasteiger charge is 2.25. The van der Waals surface area contributed by atoms with Crippen molar-refractivity contribution in [3.8, 4) is 0 Å². The van der Waals surface area contributed by atoms with Crippen LogP contribution in [0.25, 0.3) is 0 Å². The summed E-state index contributed by atoms with van der Waals surface area (Å²) in [5.41, 5.74) is 1.33. The molecule has 2 aliphatic rings. The fourth-order valence-electron chi connectivity index (χ4n) is 4.56. The number of nitrogens with one attached hydrogen (secondary N) is 1. The highest BCUT2D eigenvalue weighted by molar-refractivity contribution is 5.76. The van der Waals surface area contributed by atoms with Crippen LogP contribution in [-0.2, 0) is 29.2 Å². The number of carbonyl (C=O) groups is 1. The van der Waals surface area contributed by atoms with E-state index in [9.17, 15) is 4.79 Å². The maximum absolute atomic E-state index is 12.6. The second-order valence-corrected chi connectivity index (χ2v) is 8.81. The van der Waals surface area contributed by atoms with E-state index in [1.165, 1.54) is 5.56 Å². The van der Waals surface area contributed by atoms with Crippen molar-refractivity contribution in [3.05, 3.63) is 41.7 Å². The molecule has 9 nitrogen and oxygen atoms in total. The Hall–Kier alpha value is -2.36. The molecular formula is C22H33N7O2. The Morgan fingerprint density at radius 1 is 1.06 bits per heavy atom. The maximum Gasteiger partial charge on any atom is 0.242 e. The normalized spacial score (nSPS) is 23.7. The smallest absolute Gasteiger partial charge is 0.242 e. The van der Waals surface area contributed by atoms with Crippen LogP contribution in [0, 0.1) is 0 Å². The number of hydrogen-bond acceptors (Lipinski definition) is 7. The molecule has 0 saturated carbocycles. The number of rotatable bonds is 7. The van der Waals surface area contributed by atoms with Gasteiger partial charge < -0.3 is 10.1 Å². The summed E-state index contributed by atoms with van der Waals surface area (Å²) >= 11 is 0. The number of tetrazole rings is 1. The molecule has 0 spiro atoms. The van der Waals surface area contributed by atoms with Gasteiger partial charge in [0, 0.05) is 38.8 Å². The minimum Gasteiger partial charge on any atom is -0.373 e. The number of aromatic nitrogens is 4. The second kappa shape index (κ2) is 10.3. The lowest BCUT2D eigenvalue weighted by Gasteiger charge is -2.34. The van der Waals surface area contributed by atoms with Crippen LogP contribution in [0.2, 0.25) is 0 Å². The average Bonchev–Trinajstić information content (AvgIpc) is 3.16. The third-order valence-electron chi connectivity index (χ3n) is 5.96. The first-order chi connectivity index (χ1) is 15.0. The van der Waals surface area contributed by atoms with Crippen LogP contribution in [0.5, 0.6) is 0 Å². The SMILES string of the molecule is C[C@@H]1CN(Cc2nnnn2CC(=O)NC2CCN(Cc3ccccc3)CC2)C[C@H](C)O1. The largest absolute Gasteiger partial charge is 0.373 e. The zero-order chi connectivity index (χ0) is 21.6. The van der Waals surface area contributed by atoms with Crippen LogP contribution in [0.3, 0.4) is 0 Å². The van der Waals surface area contributed by atoms with Crippen LogP contribution in [0.15, 0.2) is 30.3 Å². The maximum atomic E-state index is 12.6. The molecule has 0 bridgehead atoms. The van der Waals surface area contributed by atoms with E-state index in [0.717, 1.165) is 45.6 Å². The van der Waals surface area contributed by atoms with E-state index >= 15 is 0 Å². The van der Waals surface area contributed by atoms with Crippen LogP contribution in [0.1, 0.15) is 38.1 Å². The molecule has 1 amide bonds. The Balaban J connectivity index is 1.22. The number of benzene rings is 1. The van der Waals surface area contributed by atoms with Gasteiger partial charge >= 0.3 is 0 Å². The van der Waals surface area contributed by atoms with Crippen molar-refractivity contribution < 1.29 is 9.53 Å². The molecule has 2 atom stereocenters. The number of amides is 1. The van der Waals surface area contributed by atoms with Crippen LogP contribution < -0.4 is 5.32 Å². The van der Waals surface area contributed by atoms with Gasteiger partial charge in [-0.25, -0.2) is 4.68 Å². The second-order valence-electron chi connectivity index (χ2n) is 8.81. The first-order valence-corrected chi connectivity index (χ1v) is 11.2. The summed E-state index contributed by atoms with van der Waals surface area (Å²) < 4.78 is 7.40. The van der Waals surface area contributed by atoms with Gasteiger partial charge in [0.25, 0.3) is 0 Å². The van der Waals surface area contributed by atoms with Crippen LogP contribution in [0.4, 0.5) is 0 Å². The predicted octanol–water partition coefficient (Wildman–Crippen LogP) is 1.06. The molecule has 1 aromatic carbocycles. The first kappa shape index (κ1) is 21.9. The van der Waals surface area contributed by atoms with Gasteiger partial charge in [0.1, 0.15) is 6.54 Å². The summed E-state index contributed by atoms with van der Waals surface area (Å²) in [6, 6.07) is 10.7. The monoisotopic (exact) mass is 427 g/mol. The van der Waals surface area contributed by atoms with Crippen molar-refractivity contribution in [1.29, 1.82) is 0 Å². The minimum absolute atomic E-state index is 0.0289. The lowest BCUT2D eigenvalue weighted by molar-refractivity contribution is -0.123. The summed E-state index contributed by atoms with van der Waals surface area (Å²) in [5.74, 6) is 0.688. The molecule has 0 radical (unpaired) electrons. The topological polar surface area (TPSA) is 88.4 Å². The highest BCUT2D eigenvalue weighted by Crippen LogP contribution is 2.15. The van der Waals surface area contributed by atoms with E-state index < -0.39 is 0 Å². The van der Waals surface area contributed by atoms with Crippen molar-refractivity contribution in [3.63, 3.8) is 0 Å². The lowest BCUT2D eigenvalue weighted by atomic mass is 10.0. The summed E-state index contributed by atoms with van der Waals surface area (Å²) in [5, 5.41) is 15.1. The van der Waals surface area contributed by atoms with E-state index in [1.807, 2.05) is 6.07 Å². The Labute approximate surface area is 183 Å². The zero-order valence-electron chi connectivity index (χ0n) is 18.5. The minimum atomic E-state index is -0.0289. The summed E-state index contributed by atoms with van der Waals surface area (Å²) in [6.45, 7) is 9.55. The molecule has 2 saturated heterocycles. The first-order valence-electron chi connectivity index (χ1n) is 11.2. The number of hydrogen-bond donors (Lipinski definition) is 1. The fourth-order valence-corrected chi connectivity index (χ4v) is 4.56. The predicted molar refractivity (Wildman–Crippen MR) is 116 cm³/mol. The molecule has 2 aliphatic heterocycles. The summed E-state index contributed by atoms with van der Waals surface area (Å²) in [7, 11) is 0. The van der Waals surface area contributed by atoms with Gasteiger partial charge in [-0.05, 0) is 42.7 Å². The van der Waals surface area contributed by atoms with E-state index in [1.54, 1.807) is 4.68 Å². The van der Waals surface area contributed by atoms with Gasteiger partial charge in [-0.3, -0.25) is 14.6 Å². The summed E-state index contributed by atoms with van der Waals surface area (Å²) in [4.78, 5) is 17.4. The van der Waals surface area contributed by atoms with Gasteiger partial charge in [-0.2, -0.15) is 0 Å². The Bertz CT molecular complexity index is 825. The van der Waals surface area contributed by atoms with Crippen molar-refractivity contribution in [2.75, 3.05) is 26.2 Å². The molecule has 2 aromatic rings. The van der Waals surface area contributed by atoms with E-state index in [4.69, 9.17) is 4.74 Å². The molecule has 4 rings (SSSR count). The Kier molecular flexibility index (Phi) is 7.26. The molecule has 31 heavy (non-hydrogen) atoms. The Morgan fingerprint density at radius 2 is 1.77 bits per heavy atom. The van der Waals surface area contributed by atoms with Gasteiger partial charge in [0.2, 0.25) is 5.91 Å². The Morgan fingerprint density at radius 3 is 2.48 bits per heavy atom. The van der Waals surface area contributed by atoms with Crippen molar-refractivity contribution in [2.24, 2.45) is 0 Å². The van der Waals surface area contributed by atoms with Gasteiger partial charge in [-0.15, -0.1) is 5.10 Å². The number of nitrogens with zero attached hydrogens (tertiary/aromatic N) is 6. The molecule has 168 valence electrons. The van der Waals surface area contributed by atoms with Crippen molar-refractivity contribution in [2.45, 2.75) is 64.6 Å². The molecule has 0 aliphatic carbocycles. The average molecular weight is 428 g/mol. The van der Waals surface area contributed by atoms with Crippen LogP contribution in [-0.4, -0.2) is 80.3 Å². The van der Waals surface area contributed by atoms with Crippen molar-refractivity contribution >= 4 is 5.91 Å². The number of carbonyl (C=O) groups excluding carboxylic acids is 1. The standard InChI is InChI=1S/C22H33N7O2/c1-17-12-28(13-18(2)31-17)15-21-24-25-26-29(21)16-22(30)23-20-8-10-27(11-9-20)14-19-6-4-3-5-7-19/h3-7,17-18,20H,8-16H2,1-2H3,(H,23,30)/t17-,18+. The highest BCUT2D eigenvalue weighted by atomic mass is 16.5. The molecule has 9 heteroatoms.